The zero-order valence-corrected chi connectivity index (χ0v) is 11.0. The van der Waals surface area contributed by atoms with Crippen LogP contribution in [0.2, 0.25) is 0 Å². The van der Waals surface area contributed by atoms with Crippen molar-refractivity contribution in [2.75, 3.05) is 0 Å². The van der Waals surface area contributed by atoms with Crippen LogP contribution in [-0.4, -0.2) is 17.0 Å². The number of aromatic carboxylic acids is 1. The van der Waals surface area contributed by atoms with E-state index in [2.05, 4.69) is 5.32 Å². The molecular weight excluding hydrogens is 238 g/mol. The predicted molar refractivity (Wildman–Crippen MR) is 67.1 cm³/mol. The molecule has 0 aliphatic carbocycles. The van der Waals surface area contributed by atoms with Gasteiger partial charge < -0.3 is 10.4 Å². The fraction of sp³-hybridized carbons (Fsp3) is 0.500. The highest BCUT2D eigenvalue weighted by Gasteiger charge is 2.16. The summed E-state index contributed by atoms with van der Waals surface area (Å²) < 4.78 is 0. The first-order valence-corrected chi connectivity index (χ1v) is 6.33. The highest BCUT2D eigenvalue weighted by Crippen LogP contribution is 2.16. The highest BCUT2D eigenvalue weighted by molar-refractivity contribution is 7.13. The van der Waals surface area contributed by atoms with Crippen molar-refractivity contribution in [2.45, 2.75) is 27.3 Å². The summed E-state index contributed by atoms with van der Waals surface area (Å²) in [5, 5.41) is 11.6. The van der Waals surface area contributed by atoms with E-state index in [0.717, 1.165) is 4.88 Å². The Morgan fingerprint density at radius 3 is 2.47 bits per heavy atom. The van der Waals surface area contributed by atoms with Crippen molar-refractivity contribution in [1.29, 1.82) is 0 Å². The first-order valence-electron chi connectivity index (χ1n) is 5.51. The lowest BCUT2D eigenvalue weighted by molar-refractivity contribution is -0.125. The first-order chi connectivity index (χ1) is 7.91. The van der Waals surface area contributed by atoms with Gasteiger partial charge in [0.2, 0.25) is 5.91 Å². The number of carboxylic acid groups (broad SMARTS) is 1. The Bertz CT molecular complexity index is 412. The Balaban J connectivity index is 2.50. The average molecular weight is 255 g/mol. The lowest BCUT2D eigenvalue weighted by Crippen LogP contribution is -2.31. The van der Waals surface area contributed by atoms with Crippen molar-refractivity contribution in [3.05, 3.63) is 21.9 Å². The fourth-order valence-corrected chi connectivity index (χ4v) is 2.01. The van der Waals surface area contributed by atoms with E-state index in [1.807, 2.05) is 20.8 Å². The van der Waals surface area contributed by atoms with Crippen LogP contribution in [0.25, 0.3) is 0 Å². The number of carboxylic acids is 1. The summed E-state index contributed by atoms with van der Waals surface area (Å²) in [6.45, 7) is 6.28. The molecule has 1 amide bonds. The maximum Gasteiger partial charge on any atom is 0.345 e. The molecule has 5 heteroatoms. The Labute approximate surface area is 105 Å². The van der Waals surface area contributed by atoms with E-state index >= 15 is 0 Å². The fourth-order valence-electron chi connectivity index (χ4n) is 1.23. The van der Waals surface area contributed by atoms with Gasteiger partial charge in [0.25, 0.3) is 0 Å². The van der Waals surface area contributed by atoms with Gasteiger partial charge in [0.15, 0.2) is 0 Å². The number of hydrogen-bond donors (Lipinski definition) is 2. The SMILES string of the molecule is CC(C)C(C)C(=O)NCc1ccc(C(=O)O)s1. The van der Waals surface area contributed by atoms with E-state index in [-0.39, 0.29) is 11.8 Å². The molecule has 0 fully saturated rings. The number of hydrogen-bond acceptors (Lipinski definition) is 3. The van der Waals surface area contributed by atoms with Crippen LogP contribution in [0.1, 0.15) is 35.3 Å². The molecule has 94 valence electrons. The molecule has 0 saturated heterocycles. The molecule has 0 spiro atoms. The minimum atomic E-state index is -0.928. The van der Waals surface area contributed by atoms with Crippen molar-refractivity contribution < 1.29 is 14.7 Å². The molecule has 1 aromatic rings. The van der Waals surface area contributed by atoms with Crippen LogP contribution >= 0.6 is 11.3 Å². The summed E-state index contributed by atoms with van der Waals surface area (Å²) in [6.07, 6.45) is 0. The van der Waals surface area contributed by atoms with Gasteiger partial charge >= 0.3 is 5.97 Å². The molecule has 1 atom stereocenters. The summed E-state index contributed by atoms with van der Waals surface area (Å²) in [7, 11) is 0. The zero-order chi connectivity index (χ0) is 13.0. The quantitative estimate of drug-likeness (QED) is 0.848. The molecule has 4 nitrogen and oxygen atoms in total. The zero-order valence-electron chi connectivity index (χ0n) is 10.2. The van der Waals surface area contributed by atoms with E-state index < -0.39 is 5.97 Å². The van der Waals surface area contributed by atoms with Crippen molar-refractivity contribution in [3.63, 3.8) is 0 Å². The summed E-state index contributed by atoms with van der Waals surface area (Å²) in [4.78, 5) is 23.5. The first kappa shape index (κ1) is 13.7. The lowest BCUT2D eigenvalue weighted by atomic mass is 9.97. The van der Waals surface area contributed by atoms with E-state index in [9.17, 15) is 9.59 Å². The molecule has 1 heterocycles. The Morgan fingerprint density at radius 1 is 1.35 bits per heavy atom. The predicted octanol–water partition coefficient (Wildman–Crippen LogP) is 2.35. The third kappa shape index (κ3) is 3.85. The second-order valence-electron chi connectivity index (χ2n) is 4.32. The van der Waals surface area contributed by atoms with Gasteiger partial charge in [-0.2, -0.15) is 0 Å². The number of thiophene rings is 1. The number of amides is 1. The van der Waals surface area contributed by atoms with Gasteiger partial charge in [-0.3, -0.25) is 4.79 Å². The van der Waals surface area contributed by atoms with Gasteiger partial charge in [-0.05, 0) is 18.1 Å². The van der Waals surface area contributed by atoms with E-state index in [1.54, 1.807) is 12.1 Å². The van der Waals surface area contributed by atoms with Gasteiger partial charge in [-0.25, -0.2) is 4.79 Å². The van der Waals surface area contributed by atoms with Crippen molar-refractivity contribution in [1.82, 2.24) is 5.32 Å². The third-order valence-electron chi connectivity index (χ3n) is 2.72. The van der Waals surface area contributed by atoms with Crippen LogP contribution in [0.15, 0.2) is 12.1 Å². The smallest absolute Gasteiger partial charge is 0.345 e. The van der Waals surface area contributed by atoms with Gasteiger partial charge in [0, 0.05) is 10.8 Å². The molecule has 0 bridgehead atoms. The number of rotatable bonds is 5. The topological polar surface area (TPSA) is 66.4 Å². The molecular formula is C12H17NO3S. The van der Waals surface area contributed by atoms with E-state index in [4.69, 9.17) is 5.11 Å². The largest absolute Gasteiger partial charge is 0.477 e. The molecule has 1 aromatic heterocycles. The van der Waals surface area contributed by atoms with Crippen LogP contribution in [0, 0.1) is 11.8 Å². The van der Waals surface area contributed by atoms with Crippen LogP contribution in [0.4, 0.5) is 0 Å². The number of carbonyl (C=O) groups excluding carboxylic acids is 1. The van der Waals surface area contributed by atoms with Gasteiger partial charge in [-0.1, -0.05) is 20.8 Å². The summed E-state index contributed by atoms with van der Waals surface area (Å²) in [6, 6.07) is 3.29. The van der Waals surface area contributed by atoms with Crippen LogP contribution < -0.4 is 5.32 Å². The van der Waals surface area contributed by atoms with Gasteiger partial charge in [0.1, 0.15) is 4.88 Å². The van der Waals surface area contributed by atoms with E-state index in [1.165, 1.54) is 11.3 Å². The molecule has 1 rings (SSSR count). The Morgan fingerprint density at radius 2 is 2.00 bits per heavy atom. The summed E-state index contributed by atoms with van der Waals surface area (Å²) in [5.74, 6) is -0.657. The molecule has 0 saturated carbocycles. The molecule has 0 aromatic carbocycles. The van der Waals surface area contributed by atoms with Crippen LogP contribution in [-0.2, 0) is 11.3 Å². The van der Waals surface area contributed by atoms with Crippen molar-refractivity contribution in [2.24, 2.45) is 11.8 Å². The van der Waals surface area contributed by atoms with Crippen molar-refractivity contribution >= 4 is 23.2 Å². The second kappa shape index (κ2) is 5.82. The van der Waals surface area contributed by atoms with Gasteiger partial charge in [-0.15, -0.1) is 11.3 Å². The number of carbonyl (C=O) groups is 2. The van der Waals surface area contributed by atoms with Gasteiger partial charge in [0.05, 0.1) is 6.54 Å². The maximum absolute atomic E-state index is 11.7. The lowest BCUT2D eigenvalue weighted by Gasteiger charge is -2.14. The second-order valence-corrected chi connectivity index (χ2v) is 5.49. The molecule has 1 unspecified atom stereocenters. The Hall–Kier alpha value is -1.36. The van der Waals surface area contributed by atoms with Crippen LogP contribution in [0.3, 0.4) is 0 Å². The maximum atomic E-state index is 11.7. The molecule has 0 aliphatic rings. The molecule has 17 heavy (non-hydrogen) atoms. The number of nitrogens with one attached hydrogen (secondary N) is 1. The highest BCUT2D eigenvalue weighted by atomic mass is 32.1. The molecule has 0 radical (unpaired) electrons. The molecule has 0 aliphatic heterocycles. The minimum Gasteiger partial charge on any atom is -0.477 e. The monoisotopic (exact) mass is 255 g/mol. The summed E-state index contributed by atoms with van der Waals surface area (Å²) >= 11 is 1.19. The summed E-state index contributed by atoms with van der Waals surface area (Å²) in [5.41, 5.74) is 0. The Kier molecular flexibility index (Phi) is 4.69. The third-order valence-corrected chi connectivity index (χ3v) is 3.80. The normalized spacial score (nSPS) is 12.5. The standard InChI is InChI=1S/C12H17NO3S/c1-7(2)8(3)11(14)13-6-9-4-5-10(17-9)12(15)16/h4-5,7-8H,6H2,1-3H3,(H,13,14)(H,15,16). The van der Waals surface area contributed by atoms with Crippen molar-refractivity contribution in [3.8, 4) is 0 Å². The average Bonchev–Trinajstić information content (AvgIpc) is 2.73. The van der Waals surface area contributed by atoms with Crippen LogP contribution in [0.5, 0.6) is 0 Å². The minimum absolute atomic E-state index is 0.00488. The molecule has 2 N–H and O–H groups in total. The van der Waals surface area contributed by atoms with E-state index in [0.29, 0.717) is 17.3 Å².